The summed E-state index contributed by atoms with van der Waals surface area (Å²) < 4.78 is 68.0. The van der Waals surface area contributed by atoms with E-state index >= 15 is 0 Å². The van der Waals surface area contributed by atoms with Gasteiger partial charge in [-0.25, -0.2) is 27.7 Å². The predicted molar refractivity (Wildman–Crippen MR) is 125 cm³/mol. The second kappa shape index (κ2) is 10.4. The van der Waals surface area contributed by atoms with E-state index in [1.807, 2.05) is 0 Å². The molecule has 5 rings (SSSR count). The Morgan fingerprint density at radius 2 is 1.92 bits per heavy atom. The molecular weight excluding hydrogens is 531 g/mol. The Kier molecular flexibility index (Phi) is 7.49. The number of halogens is 5. The summed E-state index contributed by atoms with van der Waals surface area (Å²) in [5.74, 6) is -3.15. The van der Waals surface area contributed by atoms with Crippen LogP contribution in [0.2, 0.25) is 0 Å². The van der Waals surface area contributed by atoms with Crippen LogP contribution in [0.4, 0.5) is 26.7 Å². The highest BCUT2D eigenvalue weighted by atomic mass is 19.4. The molecule has 4 heterocycles. The number of aromatic nitrogens is 5. The average molecular weight is 559 g/mol. The Morgan fingerprint density at radius 3 is 2.56 bits per heavy atom. The molecule has 39 heavy (non-hydrogen) atoms. The van der Waals surface area contributed by atoms with Crippen LogP contribution in [0.15, 0.2) is 23.1 Å². The summed E-state index contributed by atoms with van der Waals surface area (Å²) in [4.78, 5) is 29.7. The van der Waals surface area contributed by atoms with Gasteiger partial charge in [0.15, 0.2) is 11.3 Å². The molecule has 0 bridgehead atoms. The van der Waals surface area contributed by atoms with Crippen molar-refractivity contribution in [2.75, 3.05) is 13.1 Å². The summed E-state index contributed by atoms with van der Waals surface area (Å²) in [6.45, 7) is 2.23. The van der Waals surface area contributed by atoms with E-state index in [1.54, 1.807) is 12.3 Å². The van der Waals surface area contributed by atoms with Crippen LogP contribution in [0, 0.1) is 5.41 Å². The standard InChI is InChI=1S/C18H18F2N8O3.C5H9F3/c19-18(20)8-22-17(30)27(9-18)6-10-3-13-24-12(7-28(13)23-4-10)5-21-16(29)15-14(11-1-2-11)25-31-26-15;1-4(2,3)5(6,7)8/h3-4,7,11H,1-2,5-6,8-9H2,(H,21,29)(H,22,30);1-3H3. The molecule has 0 spiro atoms. The molecule has 3 aromatic rings. The molecule has 212 valence electrons. The largest absolute Gasteiger partial charge is 0.393 e. The van der Waals surface area contributed by atoms with Gasteiger partial charge in [0.1, 0.15) is 5.69 Å². The Balaban J connectivity index is 0.000000386. The minimum Gasteiger partial charge on any atom is -0.345 e. The number of carbonyl (C=O) groups excluding carboxylic acids is 2. The SMILES string of the molecule is CC(C)(C)C(F)(F)F.O=C(NCc1cn2ncc(CN3CC(F)(F)CNC3=O)cc2n1)c1nonc1C1CC1. The number of rotatable bonds is 6. The van der Waals surface area contributed by atoms with Gasteiger partial charge in [-0.3, -0.25) is 4.79 Å². The smallest absolute Gasteiger partial charge is 0.345 e. The van der Waals surface area contributed by atoms with Crippen molar-refractivity contribution >= 4 is 17.6 Å². The van der Waals surface area contributed by atoms with Crippen LogP contribution in [0.3, 0.4) is 0 Å². The number of carbonyl (C=O) groups is 2. The normalized spacial score (nSPS) is 17.4. The lowest BCUT2D eigenvalue weighted by atomic mass is 9.96. The molecule has 1 saturated carbocycles. The maximum Gasteiger partial charge on any atom is 0.393 e. The fourth-order valence-electron chi connectivity index (χ4n) is 3.44. The highest BCUT2D eigenvalue weighted by molar-refractivity contribution is 5.93. The number of alkyl halides is 5. The van der Waals surface area contributed by atoms with Gasteiger partial charge < -0.3 is 15.5 Å². The topological polar surface area (TPSA) is 131 Å². The lowest BCUT2D eigenvalue weighted by molar-refractivity contribution is -0.204. The number of hydrogen-bond acceptors (Lipinski definition) is 7. The van der Waals surface area contributed by atoms with Crippen LogP contribution in [-0.4, -0.2) is 66.9 Å². The van der Waals surface area contributed by atoms with E-state index in [2.05, 4.69) is 31.0 Å². The number of amides is 3. The molecular formula is C23H27F5N8O3. The molecule has 0 radical (unpaired) electrons. The highest BCUT2D eigenvalue weighted by Crippen LogP contribution is 2.40. The van der Waals surface area contributed by atoms with Crippen molar-refractivity contribution in [3.8, 4) is 0 Å². The maximum atomic E-state index is 13.6. The summed E-state index contributed by atoms with van der Waals surface area (Å²) >= 11 is 0. The van der Waals surface area contributed by atoms with E-state index in [4.69, 9.17) is 4.63 Å². The maximum absolute atomic E-state index is 13.6. The molecule has 0 atom stereocenters. The van der Waals surface area contributed by atoms with Crippen LogP contribution < -0.4 is 10.6 Å². The third kappa shape index (κ3) is 6.97. The number of nitrogens with one attached hydrogen (secondary N) is 2. The van der Waals surface area contributed by atoms with Crippen LogP contribution in [0.5, 0.6) is 0 Å². The van der Waals surface area contributed by atoms with Crippen LogP contribution >= 0.6 is 0 Å². The van der Waals surface area contributed by atoms with Crippen molar-refractivity contribution in [3.63, 3.8) is 0 Å². The van der Waals surface area contributed by atoms with Gasteiger partial charge >= 0.3 is 12.2 Å². The first-order valence-electron chi connectivity index (χ1n) is 12.0. The average Bonchev–Trinajstić information content (AvgIpc) is 3.40. The molecule has 2 N–H and O–H groups in total. The Labute approximate surface area is 219 Å². The van der Waals surface area contributed by atoms with Crippen molar-refractivity contribution in [1.82, 2.24) is 40.4 Å². The molecule has 1 saturated heterocycles. The minimum atomic E-state index is -4.06. The van der Waals surface area contributed by atoms with E-state index in [-0.39, 0.29) is 24.7 Å². The number of fused-ring (bicyclic) bond motifs is 1. The molecule has 0 unspecified atom stereocenters. The zero-order chi connectivity index (χ0) is 28.6. The summed E-state index contributed by atoms with van der Waals surface area (Å²) in [5.41, 5.74) is 0.767. The zero-order valence-electron chi connectivity index (χ0n) is 21.3. The van der Waals surface area contributed by atoms with E-state index in [9.17, 15) is 31.5 Å². The van der Waals surface area contributed by atoms with Crippen LogP contribution in [0.1, 0.15) is 67.0 Å². The van der Waals surface area contributed by atoms with Crippen LogP contribution in [0.25, 0.3) is 5.65 Å². The summed E-state index contributed by atoms with van der Waals surface area (Å²) in [6.07, 6.45) is 0.994. The fourth-order valence-corrected chi connectivity index (χ4v) is 3.44. The van der Waals surface area contributed by atoms with Gasteiger partial charge in [-0.05, 0) is 29.6 Å². The third-order valence-electron chi connectivity index (χ3n) is 5.98. The Bertz CT molecular complexity index is 1330. The van der Waals surface area contributed by atoms with Crippen molar-refractivity contribution < 1.29 is 36.2 Å². The van der Waals surface area contributed by atoms with Crippen molar-refractivity contribution in [3.05, 3.63) is 41.1 Å². The Hall–Kier alpha value is -3.85. The predicted octanol–water partition coefficient (Wildman–Crippen LogP) is 3.68. The summed E-state index contributed by atoms with van der Waals surface area (Å²) in [7, 11) is 0. The van der Waals surface area contributed by atoms with E-state index < -0.39 is 42.5 Å². The fraction of sp³-hybridized carbons (Fsp3) is 0.565. The molecule has 0 aromatic carbocycles. The minimum absolute atomic E-state index is 0.0209. The van der Waals surface area contributed by atoms with Gasteiger partial charge in [-0.1, -0.05) is 25.9 Å². The first-order valence-corrected chi connectivity index (χ1v) is 12.0. The zero-order valence-corrected chi connectivity index (χ0v) is 21.3. The summed E-state index contributed by atoms with van der Waals surface area (Å²) in [5, 5.41) is 16.6. The first-order chi connectivity index (χ1) is 18.1. The van der Waals surface area contributed by atoms with Crippen molar-refractivity contribution in [2.45, 2.75) is 64.7 Å². The molecule has 1 aliphatic carbocycles. The quantitative estimate of drug-likeness (QED) is 0.442. The van der Waals surface area contributed by atoms with Gasteiger partial charge in [0.2, 0.25) is 0 Å². The molecule has 1 aliphatic heterocycles. The van der Waals surface area contributed by atoms with E-state index in [1.165, 1.54) is 10.7 Å². The monoisotopic (exact) mass is 558 g/mol. The second-order valence-electron chi connectivity index (χ2n) is 10.5. The summed E-state index contributed by atoms with van der Waals surface area (Å²) in [6, 6.07) is 1.11. The van der Waals surface area contributed by atoms with Gasteiger partial charge in [0.05, 0.1) is 43.1 Å². The highest BCUT2D eigenvalue weighted by Gasteiger charge is 2.43. The number of imidazole rings is 1. The lowest BCUT2D eigenvalue weighted by Crippen LogP contribution is -2.56. The second-order valence-corrected chi connectivity index (χ2v) is 10.5. The van der Waals surface area contributed by atoms with E-state index in [0.717, 1.165) is 38.5 Å². The van der Waals surface area contributed by atoms with Crippen molar-refractivity contribution in [2.24, 2.45) is 5.41 Å². The van der Waals surface area contributed by atoms with Crippen LogP contribution in [-0.2, 0) is 13.1 Å². The molecule has 16 heteroatoms. The van der Waals surface area contributed by atoms with Gasteiger partial charge in [0.25, 0.3) is 11.8 Å². The molecule has 2 aliphatic rings. The molecule has 3 amide bonds. The van der Waals surface area contributed by atoms with Crippen molar-refractivity contribution in [1.29, 1.82) is 0 Å². The van der Waals surface area contributed by atoms with E-state index in [0.29, 0.717) is 22.6 Å². The first kappa shape index (κ1) is 28.2. The lowest BCUT2D eigenvalue weighted by Gasteiger charge is -2.32. The van der Waals surface area contributed by atoms with Gasteiger partial charge in [-0.15, -0.1) is 0 Å². The molecule has 11 nitrogen and oxygen atoms in total. The number of nitrogens with zero attached hydrogens (tertiary/aromatic N) is 6. The number of hydrogen-bond donors (Lipinski definition) is 2. The molecule has 3 aromatic heterocycles. The Morgan fingerprint density at radius 1 is 1.23 bits per heavy atom. The van der Waals surface area contributed by atoms with Gasteiger partial charge in [-0.2, -0.15) is 18.3 Å². The molecule has 2 fully saturated rings. The number of urea groups is 1. The third-order valence-corrected chi connectivity index (χ3v) is 5.98. The van der Waals surface area contributed by atoms with Gasteiger partial charge in [0, 0.05) is 12.5 Å².